The fourth-order valence-corrected chi connectivity index (χ4v) is 2.97. The van der Waals surface area contributed by atoms with Crippen molar-refractivity contribution in [3.8, 4) is 11.5 Å². The number of nitrogens with zero attached hydrogens (tertiary/aromatic N) is 1. The first kappa shape index (κ1) is 18.9. The number of carbonyl (C=O) groups excluding carboxylic acids is 1. The number of rotatable bonds is 4. The molecule has 1 aromatic rings. The smallest absolute Gasteiger partial charge is 0.410 e. The lowest BCUT2D eigenvalue weighted by molar-refractivity contribution is -0.141. The molecule has 1 heterocycles. The van der Waals surface area contributed by atoms with E-state index in [-0.39, 0.29) is 13.1 Å². The van der Waals surface area contributed by atoms with Crippen molar-refractivity contribution in [2.24, 2.45) is 5.92 Å². The summed E-state index contributed by atoms with van der Waals surface area (Å²) in [7, 11) is 3.07. The molecule has 0 aromatic heterocycles. The molecule has 7 nitrogen and oxygen atoms in total. The number of methoxy groups -OCH3 is 2. The maximum Gasteiger partial charge on any atom is 0.410 e. The van der Waals surface area contributed by atoms with Crippen molar-refractivity contribution in [3.05, 3.63) is 23.8 Å². The summed E-state index contributed by atoms with van der Waals surface area (Å²) in [5.41, 5.74) is 0.0713. The van der Waals surface area contributed by atoms with Gasteiger partial charge in [-0.25, -0.2) is 4.79 Å². The second-order valence-electron chi connectivity index (χ2n) is 7.04. The lowest BCUT2D eigenvalue weighted by Crippen LogP contribution is -2.35. The van der Waals surface area contributed by atoms with Crippen molar-refractivity contribution < 1.29 is 28.9 Å². The largest absolute Gasteiger partial charge is 0.497 e. The predicted molar refractivity (Wildman–Crippen MR) is 91.2 cm³/mol. The zero-order valence-electron chi connectivity index (χ0n) is 15.2. The Kier molecular flexibility index (Phi) is 5.45. The van der Waals surface area contributed by atoms with Crippen molar-refractivity contribution in [1.29, 1.82) is 0 Å². The molecule has 25 heavy (non-hydrogen) atoms. The highest BCUT2D eigenvalue weighted by atomic mass is 16.6. The number of carboxylic acids is 1. The molecule has 7 heteroatoms. The summed E-state index contributed by atoms with van der Waals surface area (Å²) >= 11 is 0. The molecular weight excluding hydrogens is 326 g/mol. The number of aliphatic carboxylic acids is 1. The third-order valence-corrected chi connectivity index (χ3v) is 4.13. The zero-order valence-corrected chi connectivity index (χ0v) is 15.2. The minimum Gasteiger partial charge on any atom is -0.497 e. The van der Waals surface area contributed by atoms with E-state index in [1.54, 1.807) is 46.1 Å². The molecule has 0 bridgehead atoms. The van der Waals surface area contributed by atoms with E-state index in [4.69, 9.17) is 14.2 Å². The van der Waals surface area contributed by atoms with Gasteiger partial charge in [-0.05, 0) is 39.0 Å². The standard InChI is InChI=1S/C18H25NO6/c1-18(2,3)25-17(22)19-9-13(14(10-19)16(20)21)12-8-11(23-4)6-7-15(12)24-5/h6-8,13-14H,9-10H2,1-5H3,(H,20,21). The van der Waals surface area contributed by atoms with E-state index in [1.165, 1.54) is 12.0 Å². The summed E-state index contributed by atoms with van der Waals surface area (Å²) in [6.07, 6.45) is -0.511. The van der Waals surface area contributed by atoms with Crippen molar-refractivity contribution >= 4 is 12.1 Å². The highest BCUT2D eigenvalue weighted by Crippen LogP contribution is 2.39. The summed E-state index contributed by atoms with van der Waals surface area (Å²) in [6.45, 7) is 5.67. The number of carbonyl (C=O) groups is 2. The Morgan fingerprint density at radius 3 is 2.36 bits per heavy atom. The van der Waals surface area contributed by atoms with Crippen molar-refractivity contribution in [2.45, 2.75) is 32.3 Å². The van der Waals surface area contributed by atoms with Crippen LogP contribution in [0.4, 0.5) is 4.79 Å². The molecule has 1 aliphatic rings. The Hall–Kier alpha value is -2.44. The van der Waals surface area contributed by atoms with Gasteiger partial charge in [-0.1, -0.05) is 0 Å². The number of likely N-dealkylation sites (tertiary alicyclic amines) is 1. The lowest BCUT2D eigenvalue weighted by atomic mass is 9.88. The maximum absolute atomic E-state index is 12.3. The molecule has 0 saturated carbocycles. The van der Waals surface area contributed by atoms with E-state index in [0.717, 1.165) is 0 Å². The monoisotopic (exact) mass is 351 g/mol. The third-order valence-electron chi connectivity index (χ3n) is 4.13. The third kappa shape index (κ3) is 4.35. The second-order valence-corrected chi connectivity index (χ2v) is 7.04. The molecule has 2 rings (SSSR count). The number of carboxylic acid groups (broad SMARTS) is 1. The first-order valence-electron chi connectivity index (χ1n) is 8.09. The van der Waals surface area contributed by atoms with Gasteiger partial charge in [0.05, 0.1) is 20.1 Å². The molecular formula is C18H25NO6. The Bertz CT molecular complexity index is 651. The molecule has 2 atom stereocenters. The Morgan fingerprint density at radius 1 is 1.16 bits per heavy atom. The van der Waals surface area contributed by atoms with E-state index >= 15 is 0 Å². The van der Waals surface area contributed by atoms with Crippen LogP contribution in [0.3, 0.4) is 0 Å². The van der Waals surface area contributed by atoms with Crippen LogP contribution in [0.15, 0.2) is 18.2 Å². The number of amides is 1. The molecule has 138 valence electrons. The Balaban J connectivity index is 2.33. The minimum atomic E-state index is -0.957. The molecule has 0 aliphatic carbocycles. The minimum absolute atomic E-state index is 0.0925. The highest BCUT2D eigenvalue weighted by molar-refractivity contribution is 5.76. The van der Waals surface area contributed by atoms with Gasteiger partial charge in [-0.2, -0.15) is 0 Å². The summed E-state index contributed by atoms with van der Waals surface area (Å²) in [4.78, 5) is 25.5. The van der Waals surface area contributed by atoms with Crippen molar-refractivity contribution in [2.75, 3.05) is 27.3 Å². The quantitative estimate of drug-likeness (QED) is 0.898. The fraction of sp³-hybridized carbons (Fsp3) is 0.556. The van der Waals surface area contributed by atoms with Crippen LogP contribution in [-0.2, 0) is 9.53 Å². The molecule has 0 radical (unpaired) electrons. The van der Waals surface area contributed by atoms with Crippen LogP contribution in [0.2, 0.25) is 0 Å². The average molecular weight is 351 g/mol. The molecule has 1 saturated heterocycles. The molecule has 1 aromatic carbocycles. The van der Waals surface area contributed by atoms with Gasteiger partial charge in [0.1, 0.15) is 17.1 Å². The second kappa shape index (κ2) is 7.21. The average Bonchev–Trinajstić information content (AvgIpc) is 2.98. The number of hydrogen-bond acceptors (Lipinski definition) is 5. The summed E-state index contributed by atoms with van der Waals surface area (Å²) in [5.74, 6) is -0.928. The zero-order chi connectivity index (χ0) is 18.8. The number of ether oxygens (including phenoxy) is 3. The van der Waals surface area contributed by atoms with Crippen LogP contribution >= 0.6 is 0 Å². The highest BCUT2D eigenvalue weighted by Gasteiger charge is 2.43. The topological polar surface area (TPSA) is 85.3 Å². The van der Waals surface area contributed by atoms with Gasteiger partial charge in [-0.3, -0.25) is 4.79 Å². The first-order chi connectivity index (χ1) is 11.7. The molecule has 2 unspecified atom stereocenters. The van der Waals surface area contributed by atoms with Crippen LogP contribution in [-0.4, -0.2) is 55.0 Å². The maximum atomic E-state index is 12.3. The SMILES string of the molecule is COc1ccc(OC)c(C2CN(C(=O)OC(C)(C)C)CC2C(=O)O)c1. The predicted octanol–water partition coefficient (Wildman–Crippen LogP) is 2.74. The van der Waals surface area contributed by atoms with Crippen LogP contribution in [0.25, 0.3) is 0 Å². The summed E-state index contributed by atoms with van der Waals surface area (Å²) < 4.78 is 16.0. The van der Waals surface area contributed by atoms with E-state index in [0.29, 0.717) is 17.1 Å². The van der Waals surface area contributed by atoms with Gasteiger partial charge in [-0.15, -0.1) is 0 Å². The molecule has 0 spiro atoms. The van der Waals surface area contributed by atoms with Crippen LogP contribution < -0.4 is 9.47 Å². The molecule has 1 aliphatic heterocycles. The summed E-state index contributed by atoms with van der Waals surface area (Å²) in [5, 5.41) is 9.62. The van der Waals surface area contributed by atoms with E-state index in [1.807, 2.05) is 0 Å². The number of hydrogen-bond donors (Lipinski definition) is 1. The van der Waals surface area contributed by atoms with Gasteiger partial charge in [0.2, 0.25) is 0 Å². The molecule has 1 N–H and O–H groups in total. The van der Waals surface area contributed by atoms with Gasteiger partial charge in [0.15, 0.2) is 0 Å². The number of benzene rings is 1. The fourth-order valence-electron chi connectivity index (χ4n) is 2.97. The van der Waals surface area contributed by atoms with E-state index in [9.17, 15) is 14.7 Å². The van der Waals surface area contributed by atoms with Gasteiger partial charge >= 0.3 is 12.1 Å². The van der Waals surface area contributed by atoms with Crippen molar-refractivity contribution in [1.82, 2.24) is 4.90 Å². The Labute approximate surface area is 147 Å². The first-order valence-corrected chi connectivity index (χ1v) is 8.09. The molecule has 1 fully saturated rings. The summed E-state index contributed by atoms with van der Waals surface area (Å²) in [6, 6.07) is 5.25. The molecule has 1 amide bonds. The van der Waals surface area contributed by atoms with Crippen LogP contribution in [0.5, 0.6) is 11.5 Å². The van der Waals surface area contributed by atoms with E-state index < -0.39 is 29.5 Å². The van der Waals surface area contributed by atoms with Crippen LogP contribution in [0, 0.1) is 5.92 Å². The normalized spacial score (nSPS) is 20.3. The van der Waals surface area contributed by atoms with Gasteiger partial charge in [0, 0.05) is 24.6 Å². The van der Waals surface area contributed by atoms with E-state index in [2.05, 4.69) is 0 Å². The van der Waals surface area contributed by atoms with Crippen LogP contribution in [0.1, 0.15) is 32.3 Å². The van der Waals surface area contributed by atoms with Gasteiger partial charge in [0.25, 0.3) is 0 Å². The van der Waals surface area contributed by atoms with Gasteiger partial charge < -0.3 is 24.2 Å². The lowest BCUT2D eigenvalue weighted by Gasteiger charge is -2.24. The Morgan fingerprint density at radius 2 is 1.84 bits per heavy atom. The van der Waals surface area contributed by atoms with Crippen molar-refractivity contribution in [3.63, 3.8) is 0 Å².